The zero-order chi connectivity index (χ0) is 23.1. The Bertz CT molecular complexity index is 961. The van der Waals surface area contributed by atoms with Crippen molar-refractivity contribution in [3.8, 4) is 0 Å². The minimum Gasteiger partial charge on any atom is -0.378 e. The van der Waals surface area contributed by atoms with Gasteiger partial charge in [0.1, 0.15) is 0 Å². The molecule has 0 spiro atoms. The van der Waals surface area contributed by atoms with Crippen molar-refractivity contribution in [3.05, 3.63) is 59.7 Å². The van der Waals surface area contributed by atoms with Gasteiger partial charge < -0.3 is 25.6 Å². The van der Waals surface area contributed by atoms with E-state index in [0.29, 0.717) is 48.8 Å². The number of anilines is 2. The smallest absolute Gasteiger partial charge is 0.254 e. The number of nitrogens with one attached hydrogen (secondary N) is 3. The summed E-state index contributed by atoms with van der Waals surface area (Å²) in [4.78, 5) is 38.9. The molecule has 170 valence electrons. The highest BCUT2D eigenvalue weighted by Gasteiger charge is 2.19. The number of rotatable bonds is 6. The quantitative estimate of drug-likeness (QED) is 0.644. The van der Waals surface area contributed by atoms with Gasteiger partial charge in [0.25, 0.3) is 11.8 Å². The molecule has 0 radical (unpaired) electrons. The molecule has 1 aliphatic rings. The molecule has 0 aromatic heterocycles. The Balaban J connectivity index is 1.51. The zero-order valence-corrected chi connectivity index (χ0v) is 18.7. The third-order valence-corrected chi connectivity index (χ3v) is 4.78. The minimum atomic E-state index is -0.320. The summed E-state index contributed by atoms with van der Waals surface area (Å²) in [5.41, 5.74) is 2.06. The molecule has 0 aliphatic carbocycles. The van der Waals surface area contributed by atoms with Gasteiger partial charge in [-0.05, 0) is 63.2 Å². The fraction of sp³-hybridized carbons (Fsp3) is 0.375. The molecular formula is C24H30N4O4. The number of nitrogens with zero attached hydrogens (tertiary/aromatic N) is 1. The molecule has 2 aromatic carbocycles. The Labute approximate surface area is 188 Å². The van der Waals surface area contributed by atoms with E-state index in [1.54, 1.807) is 47.4 Å². The maximum Gasteiger partial charge on any atom is 0.254 e. The molecule has 0 bridgehead atoms. The highest BCUT2D eigenvalue weighted by Crippen LogP contribution is 2.15. The molecule has 1 aliphatic heterocycles. The van der Waals surface area contributed by atoms with Gasteiger partial charge >= 0.3 is 0 Å². The van der Waals surface area contributed by atoms with Crippen LogP contribution in [-0.2, 0) is 9.53 Å². The Morgan fingerprint density at radius 2 is 1.62 bits per heavy atom. The highest BCUT2D eigenvalue weighted by molar-refractivity contribution is 5.97. The van der Waals surface area contributed by atoms with Crippen LogP contribution in [0.25, 0.3) is 0 Å². The molecule has 3 amide bonds. The third kappa shape index (κ3) is 6.81. The number of amides is 3. The second-order valence-corrected chi connectivity index (χ2v) is 8.67. The summed E-state index contributed by atoms with van der Waals surface area (Å²) < 4.78 is 5.29. The van der Waals surface area contributed by atoms with Gasteiger partial charge in [0.15, 0.2) is 0 Å². The van der Waals surface area contributed by atoms with Gasteiger partial charge in [0, 0.05) is 41.1 Å². The summed E-state index contributed by atoms with van der Waals surface area (Å²) in [6, 6.07) is 13.8. The van der Waals surface area contributed by atoms with Crippen molar-refractivity contribution >= 4 is 29.1 Å². The highest BCUT2D eigenvalue weighted by atomic mass is 16.5. The van der Waals surface area contributed by atoms with Crippen LogP contribution < -0.4 is 16.0 Å². The summed E-state index contributed by atoms with van der Waals surface area (Å²) in [7, 11) is 0. The van der Waals surface area contributed by atoms with E-state index in [4.69, 9.17) is 4.74 Å². The summed E-state index contributed by atoms with van der Waals surface area (Å²) in [5.74, 6) is -0.442. The molecule has 1 fully saturated rings. The van der Waals surface area contributed by atoms with Crippen molar-refractivity contribution in [2.45, 2.75) is 26.3 Å². The van der Waals surface area contributed by atoms with Crippen LogP contribution in [-0.4, -0.2) is 61.0 Å². The van der Waals surface area contributed by atoms with Crippen molar-refractivity contribution in [2.75, 3.05) is 43.5 Å². The maximum absolute atomic E-state index is 12.6. The molecule has 0 unspecified atom stereocenters. The molecule has 1 saturated heterocycles. The number of carbonyl (C=O) groups is 3. The van der Waals surface area contributed by atoms with Crippen LogP contribution in [0.1, 0.15) is 41.5 Å². The first kappa shape index (κ1) is 23.3. The second kappa shape index (κ2) is 10.3. The number of hydrogen-bond donors (Lipinski definition) is 3. The predicted molar refractivity (Wildman–Crippen MR) is 124 cm³/mol. The molecule has 0 atom stereocenters. The maximum atomic E-state index is 12.6. The lowest BCUT2D eigenvalue weighted by Crippen LogP contribution is -2.40. The topological polar surface area (TPSA) is 99.8 Å². The molecule has 1 heterocycles. The lowest BCUT2D eigenvalue weighted by Gasteiger charge is -2.27. The van der Waals surface area contributed by atoms with Crippen LogP contribution >= 0.6 is 0 Å². The molecule has 8 nitrogen and oxygen atoms in total. The van der Waals surface area contributed by atoms with Gasteiger partial charge in [-0.15, -0.1) is 0 Å². The van der Waals surface area contributed by atoms with Crippen LogP contribution in [0.4, 0.5) is 11.4 Å². The molecule has 3 rings (SSSR count). The Hall–Kier alpha value is -3.39. The van der Waals surface area contributed by atoms with Gasteiger partial charge in [0.2, 0.25) is 5.91 Å². The van der Waals surface area contributed by atoms with E-state index in [9.17, 15) is 14.4 Å². The fourth-order valence-electron chi connectivity index (χ4n) is 3.22. The van der Waals surface area contributed by atoms with Gasteiger partial charge in [-0.3, -0.25) is 14.4 Å². The lowest BCUT2D eigenvalue weighted by molar-refractivity contribution is -0.114. The van der Waals surface area contributed by atoms with Crippen molar-refractivity contribution in [1.29, 1.82) is 0 Å². The Kier molecular flexibility index (Phi) is 7.48. The van der Waals surface area contributed by atoms with Crippen LogP contribution in [0.15, 0.2) is 48.5 Å². The first-order valence-electron chi connectivity index (χ1n) is 10.6. The fourth-order valence-corrected chi connectivity index (χ4v) is 3.22. The van der Waals surface area contributed by atoms with E-state index in [-0.39, 0.29) is 29.8 Å². The van der Waals surface area contributed by atoms with E-state index in [2.05, 4.69) is 16.0 Å². The number of carbonyl (C=O) groups excluding carboxylic acids is 3. The Morgan fingerprint density at radius 3 is 2.28 bits per heavy atom. The van der Waals surface area contributed by atoms with Crippen molar-refractivity contribution in [1.82, 2.24) is 10.2 Å². The van der Waals surface area contributed by atoms with Crippen LogP contribution in [0.5, 0.6) is 0 Å². The zero-order valence-electron chi connectivity index (χ0n) is 18.7. The number of hydrogen-bond acceptors (Lipinski definition) is 5. The van der Waals surface area contributed by atoms with Crippen molar-refractivity contribution in [3.63, 3.8) is 0 Å². The molecule has 32 heavy (non-hydrogen) atoms. The summed E-state index contributed by atoms with van der Waals surface area (Å²) >= 11 is 0. The lowest BCUT2D eigenvalue weighted by atomic mass is 10.1. The largest absolute Gasteiger partial charge is 0.378 e. The van der Waals surface area contributed by atoms with Crippen molar-refractivity contribution < 1.29 is 19.1 Å². The standard InChI is InChI=1S/C24H30N4O4/c1-24(2,3)27-22(30)17-7-9-19(10-8-17)26-21(29)16-25-20-6-4-5-18(15-20)23(31)28-11-13-32-14-12-28/h4-10,15,25H,11-14,16H2,1-3H3,(H,26,29)(H,27,30). The van der Waals surface area contributed by atoms with E-state index in [0.717, 1.165) is 0 Å². The first-order valence-corrected chi connectivity index (χ1v) is 10.6. The predicted octanol–water partition coefficient (Wildman–Crippen LogP) is 2.74. The molecule has 8 heteroatoms. The van der Waals surface area contributed by atoms with Crippen LogP contribution in [0, 0.1) is 0 Å². The first-order chi connectivity index (χ1) is 15.2. The number of ether oxygens (including phenoxy) is 1. The van der Waals surface area contributed by atoms with Gasteiger partial charge in [-0.25, -0.2) is 0 Å². The van der Waals surface area contributed by atoms with Gasteiger partial charge in [-0.2, -0.15) is 0 Å². The SMILES string of the molecule is CC(C)(C)NC(=O)c1ccc(NC(=O)CNc2cccc(C(=O)N3CCOCC3)c2)cc1. The summed E-state index contributed by atoms with van der Waals surface area (Å²) in [5, 5.41) is 8.74. The van der Waals surface area contributed by atoms with E-state index in [1.165, 1.54) is 0 Å². The molecule has 0 saturated carbocycles. The van der Waals surface area contributed by atoms with Gasteiger partial charge in [-0.1, -0.05) is 6.07 Å². The average molecular weight is 439 g/mol. The minimum absolute atomic E-state index is 0.0431. The Morgan fingerprint density at radius 1 is 0.938 bits per heavy atom. The number of benzene rings is 2. The monoisotopic (exact) mass is 438 g/mol. The van der Waals surface area contributed by atoms with Crippen LogP contribution in [0.3, 0.4) is 0 Å². The normalized spacial score (nSPS) is 13.9. The number of morpholine rings is 1. The van der Waals surface area contributed by atoms with Crippen LogP contribution in [0.2, 0.25) is 0 Å². The molecule has 2 aromatic rings. The third-order valence-electron chi connectivity index (χ3n) is 4.78. The second-order valence-electron chi connectivity index (χ2n) is 8.67. The summed E-state index contributed by atoms with van der Waals surface area (Å²) in [6.07, 6.45) is 0. The van der Waals surface area contributed by atoms with E-state index < -0.39 is 0 Å². The van der Waals surface area contributed by atoms with Crippen molar-refractivity contribution in [2.24, 2.45) is 0 Å². The van der Waals surface area contributed by atoms with Gasteiger partial charge in [0.05, 0.1) is 19.8 Å². The summed E-state index contributed by atoms with van der Waals surface area (Å²) in [6.45, 7) is 8.05. The van der Waals surface area contributed by atoms with E-state index in [1.807, 2.05) is 26.8 Å². The average Bonchev–Trinajstić information content (AvgIpc) is 2.77. The molecule has 3 N–H and O–H groups in total. The van der Waals surface area contributed by atoms with E-state index >= 15 is 0 Å². The molecular weight excluding hydrogens is 408 g/mol.